The summed E-state index contributed by atoms with van der Waals surface area (Å²) in [6.07, 6.45) is 4.54. The predicted octanol–water partition coefficient (Wildman–Crippen LogP) is 5.24. The lowest BCUT2D eigenvalue weighted by atomic mass is 9.83. The number of para-hydroxylation sites is 1. The summed E-state index contributed by atoms with van der Waals surface area (Å²) < 4.78 is 19.6. The van der Waals surface area contributed by atoms with E-state index in [4.69, 9.17) is 4.74 Å². The van der Waals surface area contributed by atoms with Crippen molar-refractivity contribution in [1.82, 2.24) is 10.2 Å². The minimum Gasteiger partial charge on any atom is -0.487 e. The van der Waals surface area contributed by atoms with Gasteiger partial charge in [-0.3, -0.25) is 9.69 Å². The molecule has 1 amide bonds. The van der Waals surface area contributed by atoms with Gasteiger partial charge in [0.25, 0.3) is 0 Å². The van der Waals surface area contributed by atoms with Crippen LogP contribution in [0.3, 0.4) is 0 Å². The third-order valence-electron chi connectivity index (χ3n) is 7.00. The number of hydrogen-bond donors (Lipinski definition) is 1. The zero-order valence-corrected chi connectivity index (χ0v) is 18.6. The van der Waals surface area contributed by atoms with Crippen molar-refractivity contribution in [3.05, 3.63) is 65.5 Å². The topological polar surface area (TPSA) is 41.6 Å². The van der Waals surface area contributed by atoms with Gasteiger partial charge in [0.1, 0.15) is 17.2 Å². The third kappa shape index (κ3) is 4.93. The van der Waals surface area contributed by atoms with Gasteiger partial charge in [0, 0.05) is 25.1 Å². The number of amides is 1. The highest BCUT2D eigenvalue weighted by atomic mass is 19.1. The van der Waals surface area contributed by atoms with Crippen LogP contribution in [0.2, 0.25) is 0 Å². The minimum absolute atomic E-state index is 0.0233. The molecule has 1 N–H and O–H groups in total. The van der Waals surface area contributed by atoms with Crippen LogP contribution in [-0.4, -0.2) is 29.5 Å². The lowest BCUT2D eigenvalue weighted by Crippen LogP contribution is -2.48. The maximum atomic E-state index is 13.3. The number of piperidine rings is 1. The zero-order chi connectivity index (χ0) is 21.8. The van der Waals surface area contributed by atoms with Crippen molar-refractivity contribution in [3.8, 4) is 5.75 Å². The molecule has 2 aromatic carbocycles. The molecule has 0 unspecified atom stereocenters. The summed E-state index contributed by atoms with van der Waals surface area (Å²) in [4.78, 5) is 15.6. The summed E-state index contributed by atoms with van der Waals surface area (Å²) in [6.45, 7) is 6.77. The van der Waals surface area contributed by atoms with Crippen LogP contribution >= 0.6 is 0 Å². The Balaban J connectivity index is 1.43. The van der Waals surface area contributed by atoms with Gasteiger partial charge in [-0.2, -0.15) is 0 Å². The minimum atomic E-state index is -0.229. The molecule has 4 nitrogen and oxygen atoms in total. The van der Waals surface area contributed by atoms with Crippen LogP contribution in [0, 0.1) is 11.7 Å². The summed E-state index contributed by atoms with van der Waals surface area (Å²) in [5, 5.41) is 3.36. The number of nitrogens with one attached hydrogen (secondary N) is 1. The Morgan fingerprint density at radius 1 is 1.16 bits per heavy atom. The van der Waals surface area contributed by atoms with Crippen LogP contribution in [0.4, 0.5) is 4.39 Å². The third-order valence-corrected chi connectivity index (χ3v) is 7.00. The first kappa shape index (κ1) is 21.8. The van der Waals surface area contributed by atoms with Gasteiger partial charge in [-0.25, -0.2) is 4.39 Å². The van der Waals surface area contributed by atoms with Crippen LogP contribution in [0.15, 0.2) is 48.5 Å². The number of hydrogen-bond acceptors (Lipinski definition) is 3. The summed E-state index contributed by atoms with van der Waals surface area (Å²) in [7, 11) is 0. The molecule has 1 fully saturated rings. The first-order valence-corrected chi connectivity index (χ1v) is 11.6. The number of fused-ring (bicyclic) bond motifs is 1. The molecule has 0 aromatic heterocycles. The van der Waals surface area contributed by atoms with Gasteiger partial charge >= 0.3 is 0 Å². The summed E-state index contributed by atoms with van der Waals surface area (Å²) in [5.74, 6) is 0.782. The van der Waals surface area contributed by atoms with E-state index in [1.807, 2.05) is 30.3 Å². The van der Waals surface area contributed by atoms with Crippen molar-refractivity contribution >= 4 is 5.91 Å². The van der Waals surface area contributed by atoms with Crippen molar-refractivity contribution in [1.29, 1.82) is 0 Å². The Kier molecular flexibility index (Phi) is 6.61. The zero-order valence-electron chi connectivity index (χ0n) is 18.6. The van der Waals surface area contributed by atoms with Crippen LogP contribution in [0.1, 0.15) is 63.1 Å². The lowest BCUT2D eigenvalue weighted by molar-refractivity contribution is -0.128. The average Bonchev–Trinajstić information content (AvgIpc) is 2.80. The molecule has 1 saturated heterocycles. The van der Waals surface area contributed by atoms with E-state index >= 15 is 0 Å². The molecular formula is C26H33FN2O2. The fourth-order valence-electron chi connectivity index (χ4n) is 4.98. The standard InChI is InChI=1S/C26H33FN2O2/c1-3-26(4-2)16-23(22-9-5-6-10-24(22)31-26)28-25(30)20-8-7-15-29(18-20)17-19-11-13-21(27)14-12-19/h5-6,9-14,20,23H,3-4,7-8,15-18H2,1-2H3,(H,28,30)/t20-,23+/m1/s1. The Bertz CT molecular complexity index is 895. The molecule has 0 aliphatic carbocycles. The van der Waals surface area contributed by atoms with E-state index in [-0.39, 0.29) is 29.3 Å². The quantitative estimate of drug-likeness (QED) is 0.690. The SMILES string of the molecule is CCC1(CC)C[C@H](NC(=O)[C@@H]2CCCN(Cc3ccc(F)cc3)C2)c2ccccc2O1. The number of carbonyl (C=O) groups is 1. The largest absolute Gasteiger partial charge is 0.487 e. The van der Waals surface area contributed by atoms with E-state index in [1.54, 1.807) is 0 Å². The number of nitrogens with zero attached hydrogens (tertiary/aromatic N) is 1. The number of rotatable bonds is 6. The molecule has 166 valence electrons. The second-order valence-corrected chi connectivity index (χ2v) is 9.00. The van der Waals surface area contributed by atoms with Gasteiger partial charge in [-0.05, 0) is 56.0 Å². The maximum absolute atomic E-state index is 13.3. The van der Waals surface area contributed by atoms with Crippen LogP contribution in [0.25, 0.3) is 0 Å². The van der Waals surface area contributed by atoms with E-state index < -0.39 is 0 Å². The van der Waals surface area contributed by atoms with E-state index in [2.05, 4.69) is 30.1 Å². The predicted molar refractivity (Wildman–Crippen MR) is 120 cm³/mol. The second kappa shape index (κ2) is 9.39. The van der Waals surface area contributed by atoms with E-state index in [1.165, 1.54) is 12.1 Å². The summed E-state index contributed by atoms with van der Waals surface area (Å²) >= 11 is 0. The summed E-state index contributed by atoms with van der Waals surface area (Å²) in [6, 6.07) is 14.7. The molecule has 4 rings (SSSR count). The van der Waals surface area contributed by atoms with E-state index in [0.717, 1.165) is 68.6 Å². The highest BCUT2D eigenvalue weighted by molar-refractivity contribution is 5.79. The average molecular weight is 425 g/mol. The molecule has 2 aliphatic rings. The molecule has 0 bridgehead atoms. The van der Waals surface area contributed by atoms with Crippen molar-refractivity contribution in [2.24, 2.45) is 5.92 Å². The molecule has 2 heterocycles. The van der Waals surface area contributed by atoms with E-state index in [0.29, 0.717) is 0 Å². The normalized spacial score (nSPS) is 22.9. The Hall–Kier alpha value is -2.40. The van der Waals surface area contributed by atoms with Gasteiger partial charge in [0.2, 0.25) is 5.91 Å². The number of benzene rings is 2. The van der Waals surface area contributed by atoms with Crippen molar-refractivity contribution in [2.75, 3.05) is 13.1 Å². The fraction of sp³-hybridized carbons (Fsp3) is 0.500. The molecular weight excluding hydrogens is 391 g/mol. The highest BCUT2D eigenvalue weighted by Gasteiger charge is 2.39. The van der Waals surface area contributed by atoms with E-state index in [9.17, 15) is 9.18 Å². The first-order chi connectivity index (χ1) is 15.0. The van der Waals surface area contributed by atoms with Crippen LogP contribution < -0.4 is 10.1 Å². The number of carbonyl (C=O) groups excluding carboxylic acids is 1. The maximum Gasteiger partial charge on any atom is 0.224 e. The molecule has 5 heteroatoms. The van der Waals surface area contributed by atoms with Crippen LogP contribution in [0.5, 0.6) is 5.75 Å². The van der Waals surface area contributed by atoms with Crippen molar-refractivity contribution in [2.45, 2.75) is 64.1 Å². The molecule has 2 aromatic rings. The van der Waals surface area contributed by atoms with Crippen LogP contribution in [-0.2, 0) is 11.3 Å². The van der Waals surface area contributed by atoms with Gasteiger partial charge < -0.3 is 10.1 Å². The second-order valence-electron chi connectivity index (χ2n) is 9.00. The highest BCUT2D eigenvalue weighted by Crippen LogP contribution is 2.42. The van der Waals surface area contributed by atoms with Gasteiger partial charge in [0.05, 0.1) is 12.0 Å². The van der Waals surface area contributed by atoms with Gasteiger partial charge in [-0.1, -0.05) is 44.2 Å². The Morgan fingerprint density at radius 2 is 1.90 bits per heavy atom. The lowest BCUT2D eigenvalue weighted by Gasteiger charge is -2.42. The smallest absolute Gasteiger partial charge is 0.224 e. The molecule has 31 heavy (non-hydrogen) atoms. The number of likely N-dealkylation sites (tertiary alicyclic amines) is 1. The molecule has 0 spiro atoms. The Labute approximate surface area is 184 Å². The molecule has 2 aliphatic heterocycles. The summed E-state index contributed by atoms with van der Waals surface area (Å²) in [5.41, 5.74) is 1.93. The fourth-order valence-corrected chi connectivity index (χ4v) is 4.98. The molecule has 0 saturated carbocycles. The first-order valence-electron chi connectivity index (χ1n) is 11.6. The number of halogens is 1. The van der Waals surface area contributed by atoms with Gasteiger partial charge in [-0.15, -0.1) is 0 Å². The van der Waals surface area contributed by atoms with Crippen molar-refractivity contribution in [3.63, 3.8) is 0 Å². The van der Waals surface area contributed by atoms with Gasteiger partial charge in [0.15, 0.2) is 0 Å². The molecule has 0 radical (unpaired) electrons. The number of ether oxygens (including phenoxy) is 1. The monoisotopic (exact) mass is 424 g/mol. The molecule has 2 atom stereocenters. The van der Waals surface area contributed by atoms with Crippen molar-refractivity contribution < 1.29 is 13.9 Å². The Morgan fingerprint density at radius 3 is 2.65 bits per heavy atom.